The van der Waals surface area contributed by atoms with Gasteiger partial charge in [0.1, 0.15) is 0 Å². The van der Waals surface area contributed by atoms with Crippen LogP contribution in [0.4, 0.5) is 0 Å². The number of rotatable bonds is 7. The molecular formula is C14H22O4. The highest BCUT2D eigenvalue weighted by Gasteiger charge is 2.33. The monoisotopic (exact) mass is 254 g/mol. The fourth-order valence-corrected chi connectivity index (χ4v) is 1.19. The molecule has 0 aromatic rings. The molecule has 0 radical (unpaired) electrons. The molecule has 0 bridgehead atoms. The summed E-state index contributed by atoms with van der Waals surface area (Å²) in [5, 5.41) is 0. The van der Waals surface area contributed by atoms with Crippen molar-refractivity contribution in [2.45, 2.75) is 52.7 Å². The van der Waals surface area contributed by atoms with Crippen molar-refractivity contribution < 1.29 is 19.1 Å². The average molecular weight is 254 g/mol. The minimum atomic E-state index is -1.26. The normalized spacial score (nSPS) is 10.7. The molecule has 0 aliphatic carbocycles. The summed E-state index contributed by atoms with van der Waals surface area (Å²) >= 11 is 0. The number of ether oxygens (including phenoxy) is 2. The molecule has 0 heterocycles. The predicted molar refractivity (Wildman–Crippen MR) is 69.7 cm³/mol. The number of carbonyl (C=O) groups excluding carboxylic acids is 2. The van der Waals surface area contributed by atoms with Crippen LogP contribution >= 0.6 is 0 Å². The van der Waals surface area contributed by atoms with Gasteiger partial charge in [0.05, 0.1) is 0 Å². The maximum absolute atomic E-state index is 11.5. The van der Waals surface area contributed by atoms with Gasteiger partial charge in [-0.15, -0.1) is 0 Å². The van der Waals surface area contributed by atoms with E-state index in [4.69, 9.17) is 9.47 Å². The lowest BCUT2D eigenvalue weighted by Crippen LogP contribution is -2.37. The van der Waals surface area contributed by atoms with Crippen LogP contribution in [0.2, 0.25) is 0 Å². The smallest absolute Gasteiger partial charge is 0.336 e. The number of hydrogen-bond donors (Lipinski definition) is 0. The Bertz CT molecular complexity index is 327. The number of esters is 2. The minimum absolute atomic E-state index is 0.268. The summed E-state index contributed by atoms with van der Waals surface area (Å²) in [7, 11) is 0. The summed E-state index contributed by atoms with van der Waals surface area (Å²) in [5.41, 5.74) is 0.535. The van der Waals surface area contributed by atoms with Gasteiger partial charge in [-0.3, -0.25) is 0 Å². The van der Waals surface area contributed by atoms with Crippen LogP contribution in [0, 0.1) is 0 Å². The fraction of sp³-hybridized carbons (Fsp3) is 0.571. The minimum Gasteiger partial charge on any atom is -0.419 e. The van der Waals surface area contributed by atoms with E-state index in [1.807, 2.05) is 6.92 Å². The van der Waals surface area contributed by atoms with Crippen molar-refractivity contribution in [1.82, 2.24) is 0 Å². The van der Waals surface area contributed by atoms with Gasteiger partial charge in [0.15, 0.2) is 0 Å². The third-order valence-corrected chi connectivity index (χ3v) is 2.30. The van der Waals surface area contributed by atoms with Gasteiger partial charge in [-0.05, 0) is 20.3 Å². The molecule has 0 aromatic heterocycles. The van der Waals surface area contributed by atoms with E-state index < -0.39 is 17.7 Å². The average Bonchev–Trinajstić information content (AvgIpc) is 2.25. The first-order chi connectivity index (χ1) is 8.22. The van der Waals surface area contributed by atoms with E-state index in [1.165, 1.54) is 0 Å². The van der Waals surface area contributed by atoms with Gasteiger partial charge in [0.25, 0.3) is 5.79 Å². The topological polar surface area (TPSA) is 52.6 Å². The lowest BCUT2D eigenvalue weighted by molar-refractivity contribution is -0.219. The highest BCUT2D eigenvalue weighted by Crippen LogP contribution is 2.23. The molecular weight excluding hydrogens is 232 g/mol. The summed E-state index contributed by atoms with van der Waals surface area (Å²) in [5.74, 6) is -2.39. The summed E-state index contributed by atoms with van der Waals surface area (Å²) in [6.07, 6.45) is 2.13. The van der Waals surface area contributed by atoms with Crippen LogP contribution in [-0.4, -0.2) is 17.7 Å². The first kappa shape index (κ1) is 16.4. The van der Waals surface area contributed by atoms with Crippen LogP contribution in [0.25, 0.3) is 0 Å². The molecule has 4 heteroatoms. The van der Waals surface area contributed by atoms with Gasteiger partial charge >= 0.3 is 11.9 Å². The quantitative estimate of drug-likeness (QED) is 0.398. The Hall–Kier alpha value is -1.58. The van der Waals surface area contributed by atoms with Crippen molar-refractivity contribution in [2.75, 3.05) is 0 Å². The molecule has 0 fully saturated rings. The van der Waals surface area contributed by atoms with Crippen LogP contribution in [0.15, 0.2) is 24.3 Å². The van der Waals surface area contributed by atoms with Crippen molar-refractivity contribution in [3.63, 3.8) is 0 Å². The first-order valence-corrected chi connectivity index (χ1v) is 5.99. The second-order valence-corrected chi connectivity index (χ2v) is 4.58. The molecule has 0 N–H and O–H groups in total. The Morgan fingerprint density at radius 3 is 1.72 bits per heavy atom. The van der Waals surface area contributed by atoms with Crippen molar-refractivity contribution in [3.8, 4) is 0 Å². The third-order valence-electron chi connectivity index (χ3n) is 2.30. The van der Waals surface area contributed by atoms with Gasteiger partial charge < -0.3 is 9.47 Å². The van der Waals surface area contributed by atoms with E-state index >= 15 is 0 Å². The highest BCUT2D eigenvalue weighted by molar-refractivity contribution is 5.89. The SMILES string of the molecule is C=C(C)C(=O)OC(C)(CCCC)OC(=O)C(=C)C. The van der Waals surface area contributed by atoms with Crippen molar-refractivity contribution in [3.05, 3.63) is 24.3 Å². The van der Waals surface area contributed by atoms with Crippen molar-refractivity contribution in [2.24, 2.45) is 0 Å². The number of carbonyl (C=O) groups is 2. The van der Waals surface area contributed by atoms with Crippen LogP contribution in [0.3, 0.4) is 0 Å². The summed E-state index contributed by atoms with van der Waals surface area (Å²) in [6, 6.07) is 0. The standard InChI is InChI=1S/C14H22O4/c1-7-8-9-14(6,17-12(15)10(2)3)18-13(16)11(4)5/h2,4,7-9H2,1,3,5-6H3. The largest absolute Gasteiger partial charge is 0.419 e. The molecule has 0 aromatic carbocycles. The zero-order valence-corrected chi connectivity index (χ0v) is 11.7. The van der Waals surface area contributed by atoms with Gasteiger partial charge in [-0.2, -0.15) is 0 Å². The van der Waals surface area contributed by atoms with Crippen LogP contribution in [0.5, 0.6) is 0 Å². The predicted octanol–water partition coefficient (Wildman–Crippen LogP) is 3.13. The molecule has 0 saturated carbocycles. The van der Waals surface area contributed by atoms with Crippen molar-refractivity contribution >= 4 is 11.9 Å². The van der Waals surface area contributed by atoms with Crippen LogP contribution in [0.1, 0.15) is 47.0 Å². The van der Waals surface area contributed by atoms with Crippen molar-refractivity contribution in [1.29, 1.82) is 0 Å². The van der Waals surface area contributed by atoms with E-state index in [1.54, 1.807) is 20.8 Å². The maximum Gasteiger partial charge on any atom is 0.336 e. The number of hydrogen-bond acceptors (Lipinski definition) is 4. The van der Waals surface area contributed by atoms with E-state index in [0.29, 0.717) is 6.42 Å². The fourth-order valence-electron chi connectivity index (χ4n) is 1.19. The van der Waals surface area contributed by atoms with Gasteiger partial charge in [0.2, 0.25) is 0 Å². The number of unbranched alkanes of at least 4 members (excludes halogenated alkanes) is 1. The van der Waals surface area contributed by atoms with E-state index in [-0.39, 0.29) is 11.1 Å². The molecule has 0 unspecified atom stereocenters. The Balaban J connectivity index is 4.81. The van der Waals surface area contributed by atoms with E-state index in [9.17, 15) is 9.59 Å². The maximum atomic E-state index is 11.5. The Morgan fingerprint density at radius 1 is 1.06 bits per heavy atom. The first-order valence-electron chi connectivity index (χ1n) is 5.99. The molecule has 102 valence electrons. The Kier molecular flexibility index (Phi) is 6.37. The molecule has 0 aliphatic heterocycles. The second kappa shape index (κ2) is 6.99. The van der Waals surface area contributed by atoms with Crippen LogP contribution in [-0.2, 0) is 19.1 Å². The Morgan fingerprint density at radius 2 is 1.44 bits per heavy atom. The zero-order chi connectivity index (χ0) is 14.3. The Labute approximate surface area is 109 Å². The molecule has 0 atom stereocenters. The second-order valence-electron chi connectivity index (χ2n) is 4.58. The van der Waals surface area contributed by atoms with Gasteiger partial charge in [0, 0.05) is 24.5 Å². The molecule has 0 spiro atoms. The molecule has 18 heavy (non-hydrogen) atoms. The van der Waals surface area contributed by atoms with E-state index in [2.05, 4.69) is 13.2 Å². The van der Waals surface area contributed by atoms with Gasteiger partial charge in [-0.1, -0.05) is 26.5 Å². The molecule has 0 aliphatic rings. The van der Waals surface area contributed by atoms with E-state index in [0.717, 1.165) is 12.8 Å². The molecule has 4 nitrogen and oxygen atoms in total. The lowest BCUT2D eigenvalue weighted by Gasteiger charge is -2.29. The van der Waals surface area contributed by atoms with Crippen LogP contribution < -0.4 is 0 Å². The summed E-state index contributed by atoms with van der Waals surface area (Å²) in [6.45, 7) is 13.7. The van der Waals surface area contributed by atoms with Gasteiger partial charge in [-0.25, -0.2) is 9.59 Å². The third kappa shape index (κ3) is 5.66. The highest BCUT2D eigenvalue weighted by atomic mass is 16.7. The molecule has 0 amide bonds. The summed E-state index contributed by atoms with van der Waals surface area (Å²) in [4.78, 5) is 23.1. The molecule has 0 saturated heterocycles. The zero-order valence-electron chi connectivity index (χ0n) is 11.7. The lowest BCUT2D eigenvalue weighted by atomic mass is 10.1. The molecule has 0 rings (SSSR count). The summed E-state index contributed by atoms with van der Waals surface area (Å²) < 4.78 is 10.4.